The van der Waals surface area contributed by atoms with Gasteiger partial charge in [0.15, 0.2) is 12.4 Å². The van der Waals surface area contributed by atoms with Crippen LogP contribution in [0, 0.1) is 5.21 Å². The van der Waals surface area contributed by atoms with Crippen molar-refractivity contribution in [3.63, 3.8) is 0 Å². The van der Waals surface area contributed by atoms with Gasteiger partial charge in [0.25, 0.3) is 0 Å². The van der Waals surface area contributed by atoms with Crippen LogP contribution >= 0.6 is 0 Å². The van der Waals surface area contributed by atoms with E-state index < -0.39 is 5.97 Å². The number of aromatic nitrogens is 1. The minimum absolute atomic E-state index is 0.0105. The lowest BCUT2D eigenvalue weighted by Gasteiger charge is -2.02. The highest BCUT2D eigenvalue weighted by atomic mass is 16.5. The van der Waals surface area contributed by atoms with Gasteiger partial charge in [-0.1, -0.05) is 36.4 Å². The Labute approximate surface area is 110 Å². The molecule has 0 fully saturated rings. The van der Waals surface area contributed by atoms with E-state index in [1.54, 1.807) is 18.2 Å². The molecule has 0 unspecified atom stereocenters. The molecule has 0 aliphatic rings. The summed E-state index contributed by atoms with van der Waals surface area (Å²) < 4.78 is 0.760. The number of pyridine rings is 1. The molecule has 2 rings (SSSR count). The lowest BCUT2D eigenvalue weighted by molar-refractivity contribution is -0.604. The molecule has 0 amide bonds. The fraction of sp³-hybridized carbons (Fsp3) is 0.0667. The average molecular weight is 255 g/mol. The Bertz CT molecular complexity index is 603. The minimum atomic E-state index is -0.850. The molecule has 0 saturated heterocycles. The standard InChI is InChI=1S/C15H13NO3/c17-15(18)5-1-3-12-6-8-13(9-7-12)14-4-2-10-16(19)11-14/h1-4,6-11H,5H2,(H,17,18). The van der Waals surface area contributed by atoms with E-state index in [0.29, 0.717) is 0 Å². The van der Waals surface area contributed by atoms with E-state index in [1.165, 1.54) is 12.4 Å². The summed E-state index contributed by atoms with van der Waals surface area (Å²) in [6.45, 7) is 0. The molecule has 1 N–H and O–H groups in total. The summed E-state index contributed by atoms with van der Waals surface area (Å²) in [5, 5.41) is 19.7. The highest BCUT2D eigenvalue weighted by molar-refractivity contribution is 5.71. The second-order valence-corrected chi connectivity index (χ2v) is 4.07. The molecule has 0 bridgehead atoms. The number of carbonyl (C=O) groups is 1. The van der Waals surface area contributed by atoms with Crippen molar-refractivity contribution in [2.75, 3.05) is 0 Å². The average Bonchev–Trinajstić information content (AvgIpc) is 2.39. The molecule has 0 saturated carbocycles. The minimum Gasteiger partial charge on any atom is -0.619 e. The summed E-state index contributed by atoms with van der Waals surface area (Å²) in [5.74, 6) is -0.850. The van der Waals surface area contributed by atoms with Crippen LogP contribution in [0.1, 0.15) is 12.0 Å². The third-order valence-electron chi connectivity index (χ3n) is 2.62. The number of carboxylic acid groups (broad SMARTS) is 1. The van der Waals surface area contributed by atoms with Crippen LogP contribution in [0.3, 0.4) is 0 Å². The molecule has 4 heteroatoms. The monoisotopic (exact) mass is 255 g/mol. The van der Waals surface area contributed by atoms with Crippen LogP contribution in [0.4, 0.5) is 0 Å². The topological polar surface area (TPSA) is 64.2 Å². The first-order valence-electron chi connectivity index (χ1n) is 5.83. The van der Waals surface area contributed by atoms with E-state index in [-0.39, 0.29) is 6.42 Å². The molecule has 0 aliphatic carbocycles. The smallest absolute Gasteiger partial charge is 0.307 e. The Hall–Kier alpha value is -2.62. The van der Waals surface area contributed by atoms with Gasteiger partial charge in [-0.2, -0.15) is 4.73 Å². The number of aliphatic carboxylic acids is 1. The predicted octanol–water partition coefficient (Wildman–Crippen LogP) is 2.47. The van der Waals surface area contributed by atoms with Gasteiger partial charge in [-0.15, -0.1) is 0 Å². The van der Waals surface area contributed by atoms with E-state index in [2.05, 4.69) is 0 Å². The number of nitrogens with zero attached hydrogens (tertiary/aromatic N) is 1. The summed E-state index contributed by atoms with van der Waals surface area (Å²) in [4.78, 5) is 10.4. The van der Waals surface area contributed by atoms with Crippen LogP contribution < -0.4 is 4.73 Å². The summed E-state index contributed by atoms with van der Waals surface area (Å²) in [7, 11) is 0. The molecule has 4 nitrogen and oxygen atoms in total. The van der Waals surface area contributed by atoms with Crippen LogP contribution in [-0.4, -0.2) is 11.1 Å². The predicted molar refractivity (Wildman–Crippen MR) is 72.1 cm³/mol. The van der Waals surface area contributed by atoms with Gasteiger partial charge in [0, 0.05) is 11.6 Å². The van der Waals surface area contributed by atoms with Gasteiger partial charge in [-0.3, -0.25) is 4.79 Å². The molecule has 19 heavy (non-hydrogen) atoms. The molecule has 96 valence electrons. The first-order valence-corrected chi connectivity index (χ1v) is 5.83. The maximum Gasteiger partial charge on any atom is 0.307 e. The van der Waals surface area contributed by atoms with E-state index >= 15 is 0 Å². The Morgan fingerprint density at radius 3 is 2.58 bits per heavy atom. The molecule has 0 aliphatic heterocycles. The Morgan fingerprint density at radius 1 is 1.21 bits per heavy atom. The molecular weight excluding hydrogens is 242 g/mol. The molecule has 0 spiro atoms. The van der Waals surface area contributed by atoms with Crippen molar-refractivity contribution in [2.24, 2.45) is 0 Å². The highest BCUT2D eigenvalue weighted by Gasteiger charge is 2.00. The first-order chi connectivity index (χ1) is 9.15. The van der Waals surface area contributed by atoms with Crippen molar-refractivity contribution in [3.05, 3.63) is 65.6 Å². The summed E-state index contributed by atoms with van der Waals surface area (Å²) >= 11 is 0. The Balaban J connectivity index is 2.14. The van der Waals surface area contributed by atoms with E-state index in [1.807, 2.05) is 30.3 Å². The third kappa shape index (κ3) is 3.67. The van der Waals surface area contributed by atoms with E-state index in [0.717, 1.165) is 21.4 Å². The molecule has 1 heterocycles. The summed E-state index contributed by atoms with van der Waals surface area (Å²) in [6, 6.07) is 11.1. The van der Waals surface area contributed by atoms with Crippen LogP contribution in [0.25, 0.3) is 17.2 Å². The first kappa shape index (κ1) is 12.8. The number of carboxylic acids is 1. The second kappa shape index (κ2) is 5.82. The van der Waals surface area contributed by atoms with Crippen molar-refractivity contribution >= 4 is 12.0 Å². The van der Waals surface area contributed by atoms with E-state index in [9.17, 15) is 10.0 Å². The molecule has 0 radical (unpaired) electrons. The molecule has 1 aromatic heterocycles. The van der Waals surface area contributed by atoms with Gasteiger partial charge in [0.2, 0.25) is 0 Å². The summed E-state index contributed by atoms with van der Waals surface area (Å²) in [5.41, 5.74) is 2.72. The zero-order chi connectivity index (χ0) is 13.7. The maximum absolute atomic E-state index is 11.2. The van der Waals surface area contributed by atoms with Crippen molar-refractivity contribution in [1.29, 1.82) is 0 Å². The fourth-order valence-electron chi connectivity index (χ4n) is 1.71. The zero-order valence-corrected chi connectivity index (χ0v) is 10.2. The Kier molecular flexibility index (Phi) is 3.93. The number of rotatable bonds is 4. The van der Waals surface area contributed by atoms with Gasteiger partial charge >= 0.3 is 5.97 Å². The van der Waals surface area contributed by atoms with Crippen molar-refractivity contribution in [2.45, 2.75) is 6.42 Å². The maximum atomic E-state index is 11.2. The second-order valence-electron chi connectivity index (χ2n) is 4.07. The molecule has 0 atom stereocenters. The van der Waals surface area contributed by atoms with Gasteiger partial charge in [0.05, 0.1) is 6.42 Å². The van der Waals surface area contributed by atoms with Gasteiger partial charge in [-0.25, -0.2) is 0 Å². The normalized spacial score (nSPS) is 10.7. The Morgan fingerprint density at radius 2 is 1.95 bits per heavy atom. The van der Waals surface area contributed by atoms with Gasteiger partial charge in [0.1, 0.15) is 0 Å². The van der Waals surface area contributed by atoms with Crippen LogP contribution in [0.5, 0.6) is 0 Å². The SMILES string of the molecule is O=C(O)CC=Cc1ccc(-c2ccc[n+]([O-])c2)cc1. The van der Waals surface area contributed by atoms with E-state index in [4.69, 9.17) is 5.11 Å². The van der Waals surface area contributed by atoms with Gasteiger partial charge in [-0.05, 0) is 17.2 Å². The largest absolute Gasteiger partial charge is 0.619 e. The molecule has 2 aromatic rings. The zero-order valence-electron chi connectivity index (χ0n) is 10.2. The highest BCUT2D eigenvalue weighted by Crippen LogP contribution is 2.18. The van der Waals surface area contributed by atoms with Crippen LogP contribution in [0.15, 0.2) is 54.9 Å². The van der Waals surface area contributed by atoms with Crippen molar-refractivity contribution < 1.29 is 14.6 Å². The lowest BCUT2D eigenvalue weighted by Crippen LogP contribution is -2.23. The van der Waals surface area contributed by atoms with Crippen LogP contribution in [-0.2, 0) is 4.79 Å². The molecular formula is C15H13NO3. The van der Waals surface area contributed by atoms with Crippen molar-refractivity contribution in [3.8, 4) is 11.1 Å². The molecule has 1 aromatic carbocycles. The fourth-order valence-corrected chi connectivity index (χ4v) is 1.71. The summed E-state index contributed by atoms with van der Waals surface area (Å²) in [6.07, 6.45) is 6.32. The van der Waals surface area contributed by atoms with Gasteiger partial charge < -0.3 is 10.3 Å². The quantitative estimate of drug-likeness (QED) is 0.674. The lowest BCUT2D eigenvalue weighted by atomic mass is 10.1. The number of hydrogen-bond donors (Lipinski definition) is 1. The van der Waals surface area contributed by atoms with Crippen molar-refractivity contribution in [1.82, 2.24) is 0 Å². The number of hydrogen-bond acceptors (Lipinski definition) is 2. The van der Waals surface area contributed by atoms with Crippen LogP contribution in [0.2, 0.25) is 0 Å². The number of benzene rings is 1. The third-order valence-corrected chi connectivity index (χ3v) is 2.62.